The van der Waals surface area contributed by atoms with Crippen LogP contribution in [0.4, 0.5) is 0 Å². The molecule has 0 fully saturated rings. The number of carbonyl (C=O) groups is 3. The number of hydrogen-bond donors (Lipinski definition) is 4. The van der Waals surface area contributed by atoms with E-state index in [1.807, 2.05) is 0 Å². The van der Waals surface area contributed by atoms with Gasteiger partial charge in [-0.15, -0.1) is 0 Å². The van der Waals surface area contributed by atoms with Gasteiger partial charge in [-0.2, -0.15) is 0 Å². The summed E-state index contributed by atoms with van der Waals surface area (Å²) in [4.78, 5) is 59.0. The van der Waals surface area contributed by atoms with Gasteiger partial charge in [0.2, 0.25) is 0 Å². The van der Waals surface area contributed by atoms with Crippen molar-refractivity contribution >= 4 is 33.6 Å². The lowest BCUT2D eigenvalue weighted by Gasteiger charge is -2.21. The number of aliphatic hydroxyl groups is 2. The summed E-state index contributed by atoms with van der Waals surface area (Å²) in [6.45, 7) is 2.35. The van der Waals surface area contributed by atoms with Gasteiger partial charge < -0.3 is 34.2 Å². The molecule has 5 unspecified atom stereocenters. The van der Waals surface area contributed by atoms with Gasteiger partial charge in [-0.1, -0.05) is 369 Å². The average Bonchev–Trinajstić information content (AvgIpc) is 0.784. The summed E-state index contributed by atoms with van der Waals surface area (Å²) >= 11 is 0. The number of hydrogen-bond acceptors (Lipinski definition) is 14. The molecule has 5 atom stereocenters. The van der Waals surface area contributed by atoms with E-state index in [-0.39, 0.29) is 19.3 Å². The molecule has 117 heavy (non-hydrogen) atoms. The molecule has 0 aromatic rings. The molecule has 0 rings (SSSR count). The second-order valence-electron chi connectivity index (χ2n) is 30.0. The highest BCUT2D eigenvalue weighted by Crippen LogP contribution is 2.45. The molecule has 666 valence electrons. The van der Waals surface area contributed by atoms with Gasteiger partial charge in [0.05, 0.1) is 26.4 Å². The first kappa shape index (κ1) is 111. The summed E-state index contributed by atoms with van der Waals surface area (Å²) in [7, 11) is -9.82. The molecule has 0 bridgehead atoms. The molecule has 0 saturated heterocycles. The van der Waals surface area contributed by atoms with E-state index in [2.05, 4.69) is 215 Å². The molecule has 0 aliphatic rings. The zero-order chi connectivity index (χ0) is 85.1. The Hall–Kier alpha value is -5.61. The lowest BCUT2D eigenvalue weighted by Crippen LogP contribution is -2.30. The Morgan fingerprint density at radius 1 is 0.239 bits per heavy atom. The van der Waals surface area contributed by atoms with Crippen LogP contribution in [0.15, 0.2) is 194 Å². The third-order valence-electron chi connectivity index (χ3n) is 18.8. The summed E-state index contributed by atoms with van der Waals surface area (Å²) in [5, 5.41) is 20.7. The number of aliphatic hydroxyl groups excluding tert-OH is 2. The van der Waals surface area contributed by atoms with E-state index in [1.165, 1.54) is 96.3 Å². The number of esters is 3. The van der Waals surface area contributed by atoms with Gasteiger partial charge in [-0.25, -0.2) is 9.13 Å². The molecular formula is C99H164O16P2. The van der Waals surface area contributed by atoms with Crippen LogP contribution in [0.3, 0.4) is 0 Å². The molecular weight excluding hydrogens is 1510 g/mol. The number of carbonyl (C=O) groups excluding carboxylic acids is 3. The fraction of sp³-hybridized carbons (Fsp3) is 0.646. The van der Waals surface area contributed by atoms with E-state index in [1.54, 1.807) is 0 Å². The van der Waals surface area contributed by atoms with Crippen molar-refractivity contribution in [3.63, 3.8) is 0 Å². The predicted molar refractivity (Wildman–Crippen MR) is 491 cm³/mol. The zero-order valence-electron chi connectivity index (χ0n) is 73.3. The maximum Gasteiger partial charge on any atom is 0.472 e. The SMILES string of the molecule is CC/C=C\C/C=C\C/C=C\C/C=C\C/C=C\C/C=C\CCCCCCCCCCCCCCC(=O)OCC(O)COP(=O)(O)OCC(O)COP(=O)(O)OCC(COC(=O)CCCCCCCCCCC/C=C\C/C=C\C/C=C\C/C=C\C/C=C\CC)OC(=O)CCCCCCCCCCC/C=C\C/C=C\C/C=C\C/C=C\C/C=C\CC. The van der Waals surface area contributed by atoms with Gasteiger partial charge in [-0.3, -0.25) is 32.5 Å². The third kappa shape index (κ3) is 91.0. The Kier molecular flexibility index (Phi) is 85.3. The van der Waals surface area contributed by atoms with Crippen LogP contribution in [0.1, 0.15) is 355 Å². The fourth-order valence-corrected chi connectivity index (χ4v) is 13.6. The maximum atomic E-state index is 13.1. The molecule has 16 nitrogen and oxygen atoms in total. The van der Waals surface area contributed by atoms with Crippen LogP contribution in [0, 0.1) is 0 Å². The molecule has 0 radical (unpaired) electrons. The minimum Gasteiger partial charge on any atom is -0.463 e. The summed E-state index contributed by atoms with van der Waals surface area (Å²) in [5.74, 6) is -1.59. The summed E-state index contributed by atoms with van der Waals surface area (Å²) in [6.07, 6.45) is 119. The topological polar surface area (TPSA) is 231 Å². The molecule has 0 saturated carbocycles. The Labute approximate surface area is 712 Å². The largest absolute Gasteiger partial charge is 0.472 e. The number of rotatable bonds is 85. The van der Waals surface area contributed by atoms with Crippen molar-refractivity contribution < 1.29 is 75.8 Å². The van der Waals surface area contributed by atoms with Crippen LogP contribution in [0.2, 0.25) is 0 Å². The number of ether oxygens (including phenoxy) is 3. The van der Waals surface area contributed by atoms with Crippen LogP contribution >= 0.6 is 15.6 Å². The van der Waals surface area contributed by atoms with E-state index >= 15 is 0 Å². The molecule has 0 spiro atoms. The Morgan fingerprint density at radius 2 is 0.427 bits per heavy atom. The molecule has 0 amide bonds. The van der Waals surface area contributed by atoms with Gasteiger partial charge in [0.25, 0.3) is 0 Å². The van der Waals surface area contributed by atoms with Crippen molar-refractivity contribution in [1.82, 2.24) is 0 Å². The van der Waals surface area contributed by atoms with E-state index in [9.17, 15) is 43.5 Å². The van der Waals surface area contributed by atoms with Gasteiger partial charge >= 0.3 is 33.6 Å². The number of phosphoric ester groups is 2. The fourth-order valence-electron chi connectivity index (χ4n) is 12.0. The Balaban J connectivity index is 4.65. The first-order valence-corrected chi connectivity index (χ1v) is 48.7. The lowest BCUT2D eigenvalue weighted by molar-refractivity contribution is -0.161. The normalized spacial score (nSPS) is 14.7. The molecule has 0 heterocycles. The highest BCUT2D eigenvalue weighted by atomic mass is 31.2. The quantitative estimate of drug-likeness (QED) is 0.0146. The summed E-state index contributed by atoms with van der Waals surface area (Å²) in [6, 6.07) is 0. The first-order chi connectivity index (χ1) is 57.2. The highest BCUT2D eigenvalue weighted by Gasteiger charge is 2.29. The molecule has 0 aromatic carbocycles. The standard InChI is InChI=1S/C99H164O16P2/c1-4-7-10-13-16-19-22-25-28-31-34-37-40-43-44-45-46-47-48-51-53-55-58-61-64-67-70-73-76-79-82-85-97(102)109-88-94(100)89-111-116(105,106)112-90-95(101)91-113-117(107,108)114-93-96(115-99(104)87-84-81-78-75-72-69-66-63-60-57-54-50-42-39-36-33-30-27-24-21-18-15-12-9-6-3)92-110-98(103)86-83-80-77-74-71-68-65-62-59-56-52-49-41-38-35-32-29-26-23-20-17-14-11-8-5-2/h7-12,16-21,25-30,34-39,43-44,46-47,49-50,52,54,94-96,100-101H,4-6,13-15,22-24,31-33,40-42,45,48,51,53,55-93H2,1-3H3,(H,105,106)(H,107,108)/b10-7-,11-8-,12-9-,19-16-,20-17-,21-18-,28-25-,29-26-,30-27-,37-34-,38-35-,39-36-,44-43-,47-46-,52-49-,54-50-. The third-order valence-corrected chi connectivity index (χ3v) is 20.7. The van der Waals surface area contributed by atoms with Crippen molar-refractivity contribution in [2.24, 2.45) is 0 Å². The van der Waals surface area contributed by atoms with Crippen molar-refractivity contribution in [1.29, 1.82) is 0 Å². The summed E-state index contributed by atoms with van der Waals surface area (Å²) in [5.41, 5.74) is 0. The molecule has 18 heteroatoms. The number of allylic oxidation sites excluding steroid dienone is 32. The smallest absolute Gasteiger partial charge is 0.463 e. The van der Waals surface area contributed by atoms with E-state index < -0.39 is 91.5 Å². The van der Waals surface area contributed by atoms with Crippen LogP contribution < -0.4 is 0 Å². The second kappa shape index (κ2) is 89.6. The van der Waals surface area contributed by atoms with Crippen molar-refractivity contribution in [2.75, 3.05) is 39.6 Å². The second-order valence-corrected chi connectivity index (χ2v) is 32.9. The average molecular weight is 1670 g/mol. The van der Waals surface area contributed by atoms with Gasteiger partial charge in [0, 0.05) is 19.3 Å². The van der Waals surface area contributed by atoms with Gasteiger partial charge in [0.15, 0.2) is 6.10 Å². The monoisotopic (exact) mass is 1670 g/mol. The number of unbranched alkanes of at least 4 members (excludes halogenated alkanes) is 30. The Morgan fingerprint density at radius 3 is 0.675 bits per heavy atom. The van der Waals surface area contributed by atoms with Crippen molar-refractivity contribution in [3.05, 3.63) is 194 Å². The van der Waals surface area contributed by atoms with Gasteiger partial charge in [0.1, 0.15) is 25.4 Å². The van der Waals surface area contributed by atoms with E-state index in [4.69, 9.17) is 32.3 Å². The highest BCUT2D eigenvalue weighted by molar-refractivity contribution is 7.47. The van der Waals surface area contributed by atoms with Crippen LogP contribution in [-0.4, -0.2) is 95.9 Å². The lowest BCUT2D eigenvalue weighted by atomic mass is 10.0. The molecule has 0 aliphatic heterocycles. The minimum atomic E-state index is -4.95. The Bertz CT molecular complexity index is 2910. The molecule has 4 N–H and O–H groups in total. The van der Waals surface area contributed by atoms with Crippen LogP contribution in [-0.2, 0) is 55.8 Å². The molecule has 0 aliphatic carbocycles. The maximum absolute atomic E-state index is 13.1. The minimum absolute atomic E-state index is 0.0892. The van der Waals surface area contributed by atoms with Crippen LogP contribution in [0.25, 0.3) is 0 Å². The van der Waals surface area contributed by atoms with E-state index in [0.717, 1.165) is 199 Å². The number of phosphoric acid groups is 2. The van der Waals surface area contributed by atoms with E-state index in [0.29, 0.717) is 19.3 Å². The van der Waals surface area contributed by atoms with Crippen LogP contribution in [0.5, 0.6) is 0 Å². The summed E-state index contributed by atoms with van der Waals surface area (Å²) < 4.78 is 61.5. The predicted octanol–water partition coefficient (Wildman–Crippen LogP) is 28.2. The zero-order valence-corrected chi connectivity index (χ0v) is 75.1. The van der Waals surface area contributed by atoms with Gasteiger partial charge in [-0.05, 0) is 161 Å². The first-order valence-electron chi connectivity index (χ1n) is 45.7. The molecule has 0 aromatic heterocycles. The van der Waals surface area contributed by atoms with Crippen molar-refractivity contribution in [3.8, 4) is 0 Å². The van der Waals surface area contributed by atoms with Crippen molar-refractivity contribution in [2.45, 2.75) is 373 Å².